The van der Waals surface area contributed by atoms with Gasteiger partial charge in [-0.3, -0.25) is 0 Å². The van der Waals surface area contributed by atoms with Gasteiger partial charge in [0.15, 0.2) is 0 Å². The molecule has 5 nitrogen and oxygen atoms in total. The van der Waals surface area contributed by atoms with Crippen LogP contribution < -0.4 is 11.1 Å². The quantitative estimate of drug-likeness (QED) is 0.722. The number of nitrogens with zero attached hydrogens (tertiary/aromatic N) is 3. The molecule has 0 saturated carbocycles. The molecule has 0 aliphatic heterocycles. The van der Waals surface area contributed by atoms with Gasteiger partial charge in [-0.25, -0.2) is 15.0 Å². The van der Waals surface area contributed by atoms with Gasteiger partial charge < -0.3 is 11.1 Å². The highest BCUT2D eigenvalue weighted by Crippen LogP contribution is 2.23. The fourth-order valence-corrected chi connectivity index (χ4v) is 2.18. The Morgan fingerprint density at radius 3 is 2.76 bits per heavy atom. The zero-order chi connectivity index (χ0) is 11.7. The molecular formula is C11H9N5S. The Balaban J connectivity index is 1.91. The number of nitrogens with one attached hydrogen (secondary N) is 1. The van der Waals surface area contributed by atoms with Crippen LogP contribution in [0.2, 0.25) is 0 Å². The van der Waals surface area contributed by atoms with E-state index in [2.05, 4.69) is 20.3 Å². The van der Waals surface area contributed by atoms with Gasteiger partial charge in [-0.1, -0.05) is 0 Å². The number of aromatic nitrogens is 3. The predicted molar refractivity (Wildman–Crippen MR) is 69.3 cm³/mol. The summed E-state index contributed by atoms with van der Waals surface area (Å²) in [6.45, 7) is 0. The van der Waals surface area contributed by atoms with E-state index in [1.807, 2.05) is 23.7 Å². The van der Waals surface area contributed by atoms with Gasteiger partial charge in [-0.05, 0) is 18.2 Å². The molecule has 0 aliphatic rings. The molecular weight excluding hydrogens is 234 g/mol. The summed E-state index contributed by atoms with van der Waals surface area (Å²) in [6, 6.07) is 5.93. The molecule has 0 amide bonds. The first-order valence-electron chi connectivity index (χ1n) is 4.99. The van der Waals surface area contributed by atoms with Crippen LogP contribution in [0.4, 0.5) is 17.3 Å². The van der Waals surface area contributed by atoms with Crippen molar-refractivity contribution >= 4 is 38.9 Å². The van der Waals surface area contributed by atoms with Crippen LogP contribution in [0.5, 0.6) is 0 Å². The average Bonchev–Trinajstić information content (AvgIpc) is 2.79. The van der Waals surface area contributed by atoms with Crippen LogP contribution >= 0.6 is 11.3 Å². The van der Waals surface area contributed by atoms with Gasteiger partial charge in [0, 0.05) is 5.69 Å². The highest BCUT2D eigenvalue weighted by molar-refractivity contribution is 7.16. The number of rotatable bonds is 2. The minimum absolute atomic E-state index is 0.531. The lowest BCUT2D eigenvalue weighted by atomic mass is 10.3. The normalized spacial score (nSPS) is 10.6. The van der Waals surface area contributed by atoms with Crippen LogP contribution in [0.15, 0.2) is 36.1 Å². The number of nitrogens with two attached hydrogens (primary N) is 1. The van der Waals surface area contributed by atoms with E-state index >= 15 is 0 Å². The zero-order valence-corrected chi connectivity index (χ0v) is 9.61. The second-order valence-electron chi connectivity index (χ2n) is 3.50. The summed E-state index contributed by atoms with van der Waals surface area (Å²) in [5, 5.41) is 3.11. The lowest BCUT2D eigenvalue weighted by Crippen LogP contribution is -1.97. The van der Waals surface area contributed by atoms with E-state index in [4.69, 9.17) is 5.73 Å². The van der Waals surface area contributed by atoms with Crippen LogP contribution in [-0.2, 0) is 0 Å². The van der Waals surface area contributed by atoms with Crippen LogP contribution in [0, 0.1) is 0 Å². The van der Waals surface area contributed by atoms with Crippen LogP contribution in [0.1, 0.15) is 0 Å². The molecule has 2 aromatic heterocycles. The molecule has 0 spiro atoms. The molecule has 84 valence electrons. The topological polar surface area (TPSA) is 76.7 Å². The summed E-state index contributed by atoms with van der Waals surface area (Å²) in [6.07, 6.45) is 3.14. The van der Waals surface area contributed by atoms with Crippen molar-refractivity contribution in [1.29, 1.82) is 0 Å². The molecule has 3 rings (SSSR count). The van der Waals surface area contributed by atoms with Crippen LogP contribution in [-0.4, -0.2) is 15.0 Å². The Morgan fingerprint density at radius 2 is 1.94 bits per heavy atom. The Labute approximate surface area is 101 Å². The monoisotopic (exact) mass is 243 g/mol. The summed E-state index contributed by atoms with van der Waals surface area (Å²) < 4.78 is 1.13. The minimum Gasteiger partial charge on any atom is -0.396 e. The van der Waals surface area contributed by atoms with Crippen molar-refractivity contribution in [2.24, 2.45) is 0 Å². The summed E-state index contributed by atoms with van der Waals surface area (Å²) in [4.78, 5) is 12.4. The van der Waals surface area contributed by atoms with E-state index in [0.29, 0.717) is 11.6 Å². The lowest BCUT2D eigenvalue weighted by molar-refractivity contribution is 1.17. The van der Waals surface area contributed by atoms with E-state index in [9.17, 15) is 0 Å². The first-order valence-corrected chi connectivity index (χ1v) is 5.87. The van der Waals surface area contributed by atoms with Gasteiger partial charge >= 0.3 is 0 Å². The summed E-state index contributed by atoms with van der Waals surface area (Å²) in [7, 11) is 0. The fourth-order valence-electron chi connectivity index (χ4n) is 1.46. The summed E-state index contributed by atoms with van der Waals surface area (Å²) >= 11 is 1.60. The van der Waals surface area contributed by atoms with Crippen molar-refractivity contribution in [3.05, 3.63) is 36.1 Å². The first kappa shape index (κ1) is 9.98. The SMILES string of the molecule is Nc1cnc(Nc2ccc3ncsc3c2)nc1. The van der Waals surface area contributed by atoms with Crippen LogP contribution in [0.25, 0.3) is 10.2 Å². The van der Waals surface area contributed by atoms with E-state index in [0.717, 1.165) is 15.9 Å². The van der Waals surface area contributed by atoms with E-state index in [1.165, 1.54) is 0 Å². The number of nitrogen functional groups attached to an aromatic ring is 1. The highest BCUT2D eigenvalue weighted by atomic mass is 32.1. The van der Waals surface area contributed by atoms with Gasteiger partial charge in [0.2, 0.25) is 5.95 Å². The van der Waals surface area contributed by atoms with Crippen molar-refractivity contribution in [3.63, 3.8) is 0 Å². The van der Waals surface area contributed by atoms with Crippen molar-refractivity contribution in [2.75, 3.05) is 11.1 Å². The lowest BCUT2D eigenvalue weighted by Gasteiger charge is -2.04. The molecule has 0 radical (unpaired) electrons. The molecule has 3 N–H and O–H groups in total. The van der Waals surface area contributed by atoms with Crippen molar-refractivity contribution in [1.82, 2.24) is 15.0 Å². The average molecular weight is 243 g/mol. The Morgan fingerprint density at radius 1 is 1.12 bits per heavy atom. The standard InChI is InChI=1S/C11H9N5S/c12-7-4-13-11(14-5-7)16-8-1-2-9-10(3-8)17-6-15-9/h1-6H,12H2,(H,13,14,16). The third kappa shape index (κ3) is 2.02. The van der Waals surface area contributed by atoms with E-state index in [-0.39, 0.29) is 0 Å². The van der Waals surface area contributed by atoms with Gasteiger partial charge in [0.1, 0.15) is 0 Å². The maximum Gasteiger partial charge on any atom is 0.227 e. The van der Waals surface area contributed by atoms with E-state index < -0.39 is 0 Å². The molecule has 0 unspecified atom stereocenters. The fraction of sp³-hybridized carbons (Fsp3) is 0. The second kappa shape index (κ2) is 3.99. The number of fused-ring (bicyclic) bond motifs is 1. The smallest absolute Gasteiger partial charge is 0.227 e. The Kier molecular flexibility index (Phi) is 2.34. The van der Waals surface area contributed by atoms with Gasteiger partial charge in [0.25, 0.3) is 0 Å². The molecule has 0 atom stereocenters. The maximum atomic E-state index is 5.52. The van der Waals surface area contributed by atoms with Crippen molar-refractivity contribution in [2.45, 2.75) is 0 Å². The summed E-state index contributed by atoms with van der Waals surface area (Å²) in [5.41, 5.74) is 9.83. The molecule has 17 heavy (non-hydrogen) atoms. The highest BCUT2D eigenvalue weighted by Gasteiger charge is 2.00. The molecule has 6 heteroatoms. The number of benzene rings is 1. The Bertz CT molecular complexity index is 646. The number of hydrogen-bond acceptors (Lipinski definition) is 6. The van der Waals surface area contributed by atoms with E-state index in [1.54, 1.807) is 23.7 Å². The predicted octanol–water partition coefficient (Wildman–Crippen LogP) is 2.41. The number of hydrogen-bond donors (Lipinski definition) is 2. The molecule has 2 heterocycles. The number of thiazole rings is 1. The maximum absolute atomic E-state index is 5.52. The van der Waals surface area contributed by atoms with Crippen LogP contribution in [0.3, 0.4) is 0 Å². The molecule has 0 saturated heterocycles. The molecule has 0 aliphatic carbocycles. The Hall–Kier alpha value is -2.21. The second-order valence-corrected chi connectivity index (χ2v) is 4.39. The van der Waals surface area contributed by atoms with Gasteiger partial charge in [-0.15, -0.1) is 11.3 Å². The molecule has 3 aromatic rings. The van der Waals surface area contributed by atoms with Crippen molar-refractivity contribution in [3.8, 4) is 0 Å². The van der Waals surface area contributed by atoms with Crippen molar-refractivity contribution < 1.29 is 0 Å². The summed E-state index contributed by atoms with van der Waals surface area (Å²) in [5.74, 6) is 0.531. The minimum atomic E-state index is 0.531. The molecule has 0 fully saturated rings. The molecule has 1 aromatic carbocycles. The zero-order valence-electron chi connectivity index (χ0n) is 8.79. The van der Waals surface area contributed by atoms with Gasteiger partial charge in [0.05, 0.1) is 33.8 Å². The number of anilines is 3. The van der Waals surface area contributed by atoms with Gasteiger partial charge in [-0.2, -0.15) is 0 Å². The first-order chi connectivity index (χ1) is 8.31. The molecule has 0 bridgehead atoms. The largest absolute Gasteiger partial charge is 0.396 e. The third-order valence-corrected chi connectivity index (χ3v) is 3.05. The third-order valence-electron chi connectivity index (χ3n) is 2.26.